The number of aromatic nitrogens is 3. The minimum Gasteiger partial charge on any atom is -0.478 e. The summed E-state index contributed by atoms with van der Waals surface area (Å²) < 4.78 is 34.9. The van der Waals surface area contributed by atoms with Crippen molar-refractivity contribution in [2.24, 2.45) is 7.05 Å². The molecule has 1 aromatic heterocycles. The topological polar surface area (TPSA) is 86.3 Å². The number of carbonyl (C=O) groups is 1. The number of aryl methyl sites for hydroxylation is 2. The quantitative estimate of drug-likeness (QED) is 0.546. The lowest BCUT2D eigenvalue weighted by Crippen LogP contribution is -2.37. The summed E-state index contributed by atoms with van der Waals surface area (Å²) in [5.74, 6) is -1.40. The number of nitrogens with zero attached hydrogens (tertiary/aromatic N) is 3. The summed E-state index contributed by atoms with van der Waals surface area (Å²) in [7, 11) is 1.61. The first-order valence-electron chi connectivity index (χ1n) is 10.1. The van der Waals surface area contributed by atoms with E-state index in [0.29, 0.717) is 23.6 Å². The molecule has 0 aliphatic rings. The SMILES string of the molecule is Cn1c(CCCc2ccc(OC(C)(C)C(=O)O)cc2)nn(Cc2cc(F)cc(F)c2)c1=O. The molecule has 0 saturated heterocycles. The Hall–Kier alpha value is -3.49. The smallest absolute Gasteiger partial charge is 0.347 e. The minimum absolute atomic E-state index is 0.0183. The Morgan fingerprint density at radius 2 is 1.69 bits per heavy atom. The molecule has 0 radical (unpaired) electrons. The second kappa shape index (κ2) is 9.33. The van der Waals surface area contributed by atoms with E-state index in [1.165, 1.54) is 35.2 Å². The molecule has 32 heavy (non-hydrogen) atoms. The first-order valence-corrected chi connectivity index (χ1v) is 10.1. The highest BCUT2D eigenvalue weighted by molar-refractivity contribution is 5.76. The van der Waals surface area contributed by atoms with Crippen LogP contribution in [-0.2, 0) is 31.2 Å². The van der Waals surface area contributed by atoms with Crippen LogP contribution in [0.15, 0.2) is 47.3 Å². The van der Waals surface area contributed by atoms with Crippen LogP contribution >= 0.6 is 0 Å². The number of hydrogen-bond acceptors (Lipinski definition) is 4. The number of hydrogen-bond donors (Lipinski definition) is 1. The lowest BCUT2D eigenvalue weighted by molar-refractivity contribution is -0.152. The first-order chi connectivity index (χ1) is 15.0. The standard InChI is InChI=1S/C23H25F2N3O4/c1-23(2,21(29)30)32-19-9-7-15(8-10-19)5-4-6-20-26-28(22(31)27(20)3)14-16-11-17(24)13-18(25)12-16/h7-13H,4-6,14H2,1-3H3,(H,29,30). The van der Waals surface area contributed by atoms with Gasteiger partial charge in [0.15, 0.2) is 5.60 Å². The summed E-state index contributed by atoms with van der Waals surface area (Å²) in [6.45, 7) is 2.95. The molecule has 0 atom stereocenters. The average molecular weight is 445 g/mol. The average Bonchev–Trinajstić information content (AvgIpc) is 2.96. The van der Waals surface area contributed by atoms with Crippen LogP contribution in [0, 0.1) is 11.6 Å². The van der Waals surface area contributed by atoms with Gasteiger partial charge in [0.05, 0.1) is 6.54 Å². The number of rotatable bonds is 9. The molecule has 0 unspecified atom stereocenters. The van der Waals surface area contributed by atoms with Crippen LogP contribution in [-0.4, -0.2) is 31.0 Å². The maximum Gasteiger partial charge on any atom is 0.347 e. The van der Waals surface area contributed by atoms with Crippen molar-refractivity contribution in [2.75, 3.05) is 0 Å². The molecule has 0 aliphatic carbocycles. The number of aliphatic carboxylic acids is 1. The van der Waals surface area contributed by atoms with E-state index in [1.54, 1.807) is 19.2 Å². The number of benzene rings is 2. The predicted molar refractivity (Wildman–Crippen MR) is 114 cm³/mol. The number of ether oxygens (including phenoxy) is 1. The molecule has 3 aromatic rings. The Labute approximate surface area is 183 Å². The highest BCUT2D eigenvalue weighted by atomic mass is 19.1. The van der Waals surface area contributed by atoms with E-state index in [-0.39, 0.29) is 12.2 Å². The van der Waals surface area contributed by atoms with Crippen molar-refractivity contribution in [3.05, 3.63) is 81.5 Å². The van der Waals surface area contributed by atoms with Crippen LogP contribution in [0.3, 0.4) is 0 Å². The van der Waals surface area contributed by atoms with E-state index in [2.05, 4.69) is 5.10 Å². The molecular weight excluding hydrogens is 420 g/mol. The van der Waals surface area contributed by atoms with Crippen molar-refractivity contribution in [1.29, 1.82) is 0 Å². The van der Waals surface area contributed by atoms with Crippen LogP contribution in [0.5, 0.6) is 5.75 Å². The molecule has 1 N–H and O–H groups in total. The number of carboxylic acid groups (broad SMARTS) is 1. The summed E-state index contributed by atoms with van der Waals surface area (Å²) in [4.78, 5) is 23.6. The number of halogens is 2. The fourth-order valence-corrected chi connectivity index (χ4v) is 3.24. The molecule has 0 spiro atoms. The minimum atomic E-state index is -1.32. The van der Waals surface area contributed by atoms with Gasteiger partial charge in [0, 0.05) is 19.5 Å². The highest BCUT2D eigenvalue weighted by Gasteiger charge is 2.29. The molecule has 0 saturated carbocycles. The Morgan fingerprint density at radius 1 is 1.06 bits per heavy atom. The summed E-state index contributed by atoms with van der Waals surface area (Å²) in [5.41, 5.74) is -0.317. The molecule has 0 aliphatic heterocycles. The fourth-order valence-electron chi connectivity index (χ4n) is 3.24. The second-order valence-electron chi connectivity index (χ2n) is 8.11. The fraction of sp³-hybridized carbons (Fsp3) is 0.348. The lowest BCUT2D eigenvalue weighted by atomic mass is 10.1. The van der Waals surface area contributed by atoms with Crippen molar-refractivity contribution >= 4 is 5.97 Å². The summed E-state index contributed by atoms with van der Waals surface area (Å²) in [6, 6.07) is 10.3. The first kappa shape index (κ1) is 23.2. The maximum atomic E-state index is 13.4. The zero-order valence-corrected chi connectivity index (χ0v) is 18.1. The Bertz CT molecular complexity index is 1150. The predicted octanol–water partition coefficient (Wildman–Crippen LogP) is 3.33. The Morgan fingerprint density at radius 3 is 2.28 bits per heavy atom. The summed E-state index contributed by atoms with van der Waals surface area (Å²) in [5, 5.41) is 13.5. The van der Waals surface area contributed by atoms with Crippen molar-refractivity contribution in [1.82, 2.24) is 14.3 Å². The molecule has 0 amide bonds. The van der Waals surface area contributed by atoms with Crippen LogP contribution in [0.1, 0.15) is 37.2 Å². The van der Waals surface area contributed by atoms with Gasteiger partial charge >= 0.3 is 11.7 Å². The van der Waals surface area contributed by atoms with E-state index in [0.717, 1.165) is 24.5 Å². The molecule has 7 nitrogen and oxygen atoms in total. The van der Waals surface area contributed by atoms with Gasteiger partial charge in [-0.05, 0) is 62.1 Å². The molecule has 9 heteroatoms. The number of carboxylic acids is 1. The van der Waals surface area contributed by atoms with Gasteiger partial charge < -0.3 is 9.84 Å². The van der Waals surface area contributed by atoms with Gasteiger partial charge in [0.2, 0.25) is 0 Å². The summed E-state index contributed by atoms with van der Waals surface area (Å²) >= 11 is 0. The third kappa shape index (κ3) is 5.60. The molecule has 0 bridgehead atoms. The van der Waals surface area contributed by atoms with E-state index < -0.39 is 23.2 Å². The van der Waals surface area contributed by atoms with Crippen molar-refractivity contribution in [3.8, 4) is 5.75 Å². The van der Waals surface area contributed by atoms with Gasteiger partial charge in [0.25, 0.3) is 0 Å². The van der Waals surface area contributed by atoms with E-state index in [1.807, 2.05) is 12.1 Å². The largest absolute Gasteiger partial charge is 0.478 e. The monoisotopic (exact) mass is 445 g/mol. The Kier molecular flexibility index (Phi) is 6.76. The molecular formula is C23H25F2N3O4. The third-order valence-corrected chi connectivity index (χ3v) is 5.06. The molecule has 1 heterocycles. The third-order valence-electron chi connectivity index (χ3n) is 5.06. The van der Waals surface area contributed by atoms with Gasteiger partial charge in [-0.25, -0.2) is 23.1 Å². The normalized spacial score (nSPS) is 11.5. The molecule has 170 valence electrons. The van der Waals surface area contributed by atoms with Gasteiger partial charge in [-0.3, -0.25) is 4.57 Å². The van der Waals surface area contributed by atoms with Gasteiger partial charge in [-0.2, -0.15) is 5.10 Å². The molecule has 2 aromatic carbocycles. The van der Waals surface area contributed by atoms with Crippen molar-refractivity contribution < 1.29 is 23.4 Å². The van der Waals surface area contributed by atoms with E-state index >= 15 is 0 Å². The van der Waals surface area contributed by atoms with Crippen molar-refractivity contribution in [2.45, 2.75) is 45.3 Å². The second-order valence-corrected chi connectivity index (χ2v) is 8.11. The van der Waals surface area contributed by atoms with Gasteiger partial charge in [0.1, 0.15) is 23.2 Å². The lowest BCUT2D eigenvalue weighted by Gasteiger charge is -2.21. The van der Waals surface area contributed by atoms with Crippen LogP contribution in [0.25, 0.3) is 0 Å². The van der Waals surface area contributed by atoms with Crippen LogP contribution in [0.2, 0.25) is 0 Å². The van der Waals surface area contributed by atoms with Crippen molar-refractivity contribution in [3.63, 3.8) is 0 Å². The Balaban J connectivity index is 1.60. The van der Waals surface area contributed by atoms with Crippen LogP contribution in [0.4, 0.5) is 8.78 Å². The zero-order valence-electron chi connectivity index (χ0n) is 18.1. The molecule has 0 fully saturated rings. The zero-order chi connectivity index (χ0) is 23.5. The molecule has 3 rings (SSSR count). The highest BCUT2D eigenvalue weighted by Crippen LogP contribution is 2.20. The van der Waals surface area contributed by atoms with Crippen LogP contribution < -0.4 is 10.4 Å². The summed E-state index contributed by atoms with van der Waals surface area (Å²) in [6.07, 6.45) is 1.99. The van der Waals surface area contributed by atoms with Gasteiger partial charge in [-0.1, -0.05) is 12.1 Å². The van der Waals surface area contributed by atoms with Gasteiger partial charge in [-0.15, -0.1) is 0 Å². The van der Waals surface area contributed by atoms with E-state index in [9.17, 15) is 18.4 Å². The van der Waals surface area contributed by atoms with E-state index in [4.69, 9.17) is 9.84 Å². The maximum absolute atomic E-state index is 13.4.